The van der Waals surface area contributed by atoms with Crippen LogP contribution < -0.4 is 0 Å². The minimum absolute atomic E-state index is 0.0582. The molecule has 0 N–H and O–H groups in total. The fourth-order valence-electron chi connectivity index (χ4n) is 6.74. The molecule has 0 aliphatic rings. The van der Waals surface area contributed by atoms with Crippen LogP contribution in [0.5, 0.6) is 0 Å². The quantitative estimate of drug-likeness (QED) is 0.183. The van der Waals surface area contributed by atoms with Crippen molar-refractivity contribution < 1.29 is 6.85 Å². The first-order chi connectivity index (χ1) is 25.4. The van der Waals surface area contributed by atoms with Gasteiger partial charge in [0.25, 0.3) is 0 Å². The molecule has 0 amide bonds. The summed E-state index contributed by atoms with van der Waals surface area (Å²) in [6, 6.07) is 43.7. The maximum absolute atomic E-state index is 8.78. The van der Waals surface area contributed by atoms with E-state index < -0.39 is 18.1 Å². The molecular formula is C44H29N3. The molecule has 0 spiro atoms. The lowest BCUT2D eigenvalue weighted by Gasteiger charge is -2.19. The minimum Gasteiger partial charge on any atom is -0.292 e. The standard InChI is InChI=1S/C44H29N3/c1-2-11-33(12-3-1)44-46-40-19-8-9-20-41(40)47(44)35-14-10-13-34(29-35)43-38-17-6-4-15-36(38)42(37-16-5-7-18-39(37)43)32-23-21-30(22-24-32)31-25-27-45-28-26-31/h1-29H/i1D,2D,3D,11D,12D. The van der Waals surface area contributed by atoms with Gasteiger partial charge in [0.1, 0.15) is 5.82 Å². The highest BCUT2D eigenvalue weighted by Crippen LogP contribution is 2.44. The van der Waals surface area contributed by atoms with Crippen molar-refractivity contribution >= 4 is 32.6 Å². The zero-order valence-electron chi connectivity index (χ0n) is 30.2. The molecule has 0 aliphatic heterocycles. The lowest BCUT2D eigenvalue weighted by atomic mass is 9.85. The summed E-state index contributed by atoms with van der Waals surface area (Å²) in [7, 11) is 0. The Kier molecular flexibility index (Phi) is 5.32. The largest absolute Gasteiger partial charge is 0.292 e. The van der Waals surface area contributed by atoms with Gasteiger partial charge in [0.2, 0.25) is 0 Å². The van der Waals surface area contributed by atoms with Gasteiger partial charge < -0.3 is 0 Å². The Morgan fingerprint density at radius 3 is 1.72 bits per heavy atom. The third kappa shape index (κ3) is 4.60. The molecule has 2 heterocycles. The van der Waals surface area contributed by atoms with E-state index in [1.54, 1.807) is 0 Å². The first kappa shape index (κ1) is 22.2. The van der Waals surface area contributed by atoms with Gasteiger partial charge in [-0.25, -0.2) is 4.98 Å². The van der Waals surface area contributed by atoms with Gasteiger partial charge in [-0.3, -0.25) is 9.55 Å². The van der Waals surface area contributed by atoms with Crippen LogP contribution in [0.3, 0.4) is 0 Å². The molecule has 47 heavy (non-hydrogen) atoms. The van der Waals surface area contributed by atoms with Crippen LogP contribution >= 0.6 is 0 Å². The van der Waals surface area contributed by atoms with Crippen LogP contribution in [0.1, 0.15) is 6.85 Å². The fraction of sp³-hybridized carbons (Fsp3) is 0. The van der Waals surface area contributed by atoms with Crippen LogP contribution in [0, 0.1) is 0 Å². The molecule has 2 aromatic heterocycles. The Bertz CT molecular complexity index is 2760. The van der Waals surface area contributed by atoms with Crippen LogP contribution in [-0.2, 0) is 0 Å². The van der Waals surface area contributed by atoms with Crippen molar-refractivity contribution in [2.45, 2.75) is 0 Å². The highest BCUT2D eigenvalue weighted by atomic mass is 15.1. The van der Waals surface area contributed by atoms with Crippen molar-refractivity contribution in [3.8, 4) is 50.5 Å². The number of benzene rings is 7. The lowest BCUT2D eigenvalue weighted by Crippen LogP contribution is -1.98. The van der Waals surface area contributed by atoms with E-state index in [1.807, 2.05) is 65.5 Å². The van der Waals surface area contributed by atoms with Gasteiger partial charge in [0.15, 0.2) is 0 Å². The number of rotatable bonds is 5. The van der Waals surface area contributed by atoms with Crippen molar-refractivity contribution in [1.82, 2.24) is 14.5 Å². The smallest absolute Gasteiger partial charge is 0.145 e. The molecule has 0 unspecified atom stereocenters. The molecule has 220 valence electrons. The van der Waals surface area contributed by atoms with E-state index in [0.29, 0.717) is 5.52 Å². The average Bonchev–Trinajstić information content (AvgIpc) is 3.58. The molecule has 7 aromatic carbocycles. The van der Waals surface area contributed by atoms with Crippen molar-refractivity contribution in [1.29, 1.82) is 0 Å². The lowest BCUT2D eigenvalue weighted by molar-refractivity contribution is 1.10. The summed E-state index contributed by atoms with van der Waals surface area (Å²) < 4.78 is 44.4. The average molecular weight is 605 g/mol. The SMILES string of the molecule is [2H]c1c([2H])c([2H])c(-c2nc3ccccc3n2-c2cccc(-c3c4ccccc4c(-c4ccc(-c5ccncc5)cc4)c4ccccc34)c2)c([2H])c1[2H]. The van der Waals surface area contributed by atoms with Gasteiger partial charge in [-0.2, -0.15) is 0 Å². The number of fused-ring (bicyclic) bond motifs is 3. The zero-order valence-corrected chi connectivity index (χ0v) is 25.2. The van der Waals surface area contributed by atoms with Crippen LogP contribution in [0.4, 0.5) is 0 Å². The molecule has 0 radical (unpaired) electrons. The van der Waals surface area contributed by atoms with Gasteiger partial charge in [0.05, 0.1) is 17.9 Å². The van der Waals surface area contributed by atoms with E-state index >= 15 is 0 Å². The van der Waals surface area contributed by atoms with Crippen molar-refractivity contribution in [2.75, 3.05) is 0 Å². The highest BCUT2D eigenvalue weighted by Gasteiger charge is 2.19. The normalized spacial score (nSPS) is 12.9. The first-order valence-corrected chi connectivity index (χ1v) is 15.5. The third-order valence-corrected chi connectivity index (χ3v) is 8.80. The molecule has 9 aromatic rings. The number of hydrogen-bond donors (Lipinski definition) is 0. The summed E-state index contributed by atoms with van der Waals surface area (Å²) in [5.74, 6) is 0.288. The Labute approximate surface area is 280 Å². The molecule has 0 fully saturated rings. The molecule has 0 saturated carbocycles. The summed E-state index contributed by atoms with van der Waals surface area (Å²) >= 11 is 0. The Balaban J connectivity index is 1.28. The van der Waals surface area contributed by atoms with Gasteiger partial charge in [0, 0.05) is 23.6 Å². The van der Waals surface area contributed by atoms with E-state index in [4.69, 9.17) is 11.8 Å². The van der Waals surface area contributed by atoms with E-state index in [2.05, 4.69) is 89.9 Å². The summed E-state index contributed by atoms with van der Waals surface area (Å²) in [4.78, 5) is 9.02. The fourth-order valence-corrected chi connectivity index (χ4v) is 6.74. The van der Waals surface area contributed by atoms with Crippen molar-refractivity contribution in [3.05, 3.63) is 176 Å². The monoisotopic (exact) mass is 604 g/mol. The van der Waals surface area contributed by atoms with Crippen molar-refractivity contribution in [3.63, 3.8) is 0 Å². The molecule has 9 rings (SSSR count). The van der Waals surface area contributed by atoms with E-state index in [1.165, 1.54) is 0 Å². The molecule has 0 atom stereocenters. The summed E-state index contributed by atoms with van der Waals surface area (Å²) in [6.07, 6.45) is 3.62. The molecule has 0 aliphatic carbocycles. The Hall–Kier alpha value is -6.32. The van der Waals surface area contributed by atoms with Crippen LogP contribution in [0.15, 0.2) is 176 Å². The molecule has 3 nitrogen and oxygen atoms in total. The Morgan fingerprint density at radius 1 is 0.468 bits per heavy atom. The topological polar surface area (TPSA) is 30.7 Å². The van der Waals surface area contributed by atoms with Crippen LogP contribution in [0.25, 0.3) is 83.0 Å². The number of pyridine rings is 1. The Morgan fingerprint density at radius 2 is 1.04 bits per heavy atom. The van der Waals surface area contributed by atoms with E-state index in [0.717, 1.165) is 66.1 Å². The number of nitrogens with zero attached hydrogens (tertiary/aromatic N) is 3. The number of hydrogen-bond acceptors (Lipinski definition) is 2. The summed E-state index contributed by atoms with van der Waals surface area (Å²) in [5.41, 5.74) is 8.84. The predicted octanol–water partition coefficient (Wildman–Crippen LogP) is 11.4. The predicted molar refractivity (Wildman–Crippen MR) is 196 cm³/mol. The third-order valence-electron chi connectivity index (χ3n) is 8.80. The van der Waals surface area contributed by atoms with Crippen molar-refractivity contribution in [2.24, 2.45) is 0 Å². The molecule has 0 bridgehead atoms. The van der Waals surface area contributed by atoms with Gasteiger partial charge in [-0.15, -0.1) is 0 Å². The number of para-hydroxylation sites is 2. The number of imidazole rings is 1. The zero-order chi connectivity index (χ0) is 35.5. The first-order valence-electron chi connectivity index (χ1n) is 18.0. The van der Waals surface area contributed by atoms with Gasteiger partial charge in [-0.1, -0.05) is 127 Å². The number of aromatic nitrogens is 3. The van der Waals surface area contributed by atoms with Crippen LogP contribution in [-0.4, -0.2) is 14.5 Å². The summed E-state index contributed by atoms with van der Waals surface area (Å²) in [6.45, 7) is 0. The van der Waals surface area contributed by atoms with Crippen LogP contribution in [0.2, 0.25) is 0 Å². The molecule has 0 saturated heterocycles. The molecular weight excluding hydrogens is 571 g/mol. The maximum atomic E-state index is 8.78. The summed E-state index contributed by atoms with van der Waals surface area (Å²) in [5, 5.41) is 4.47. The second-order valence-corrected chi connectivity index (χ2v) is 11.5. The highest BCUT2D eigenvalue weighted by molar-refractivity contribution is 6.21. The van der Waals surface area contributed by atoms with Gasteiger partial charge >= 0.3 is 0 Å². The second kappa shape index (κ2) is 11.2. The second-order valence-electron chi connectivity index (χ2n) is 11.5. The van der Waals surface area contributed by atoms with E-state index in [9.17, 15) is 0 Å². The molecule has 3 heteroatoms. The van der Waals surface area contributed by atoms with Gasteiger partial charge in [-0.05, 0) is 91.3 Å². The minimum atomic E-state index is -0.435. The maximum Gasteiger partial charge on any atom is 0.145 e. The van der Waals surface area contributed by atoms with E-state index in [-0.39, 0.29) is 23.5 Å².